The molecule has 1 aromatic rings. The minimum Gasteiger partial charge on any atom is -0.381 e. The molecule has 2 fully saturated rings. The van der Waals surface area contributed by atoms with Crippen molar-refractivity contribution in [3.05, 3.63) is 16.9 Å². The van der Waals surface area contributed by atoms with E-state index < -0.39 is 0 Å². The molecule has 2 unspecified atom stereocenters. The Kier molecular flexibility index (Phi) is 5.00. The van der Waals surface area contributed by atoms with Gasteiger partial charge in [-0.2, -0.15) is 5.10 Å². The molecule has 0 N–H and O–H groups in total. The second-order valence-electron chi connectivity index (χ2n) is 4.62. The second kappa shape index (κ2) is 6.52. The van der Waals surface area contributed by atoms with Crippen LogP contribution in [0.2, 0.25) is 0 Å². The van der Waals surface area contributed by atoms with Gasteiger partial charge in [-0.15, -0.1) is 0 Å². The fourth-order valence-electron chi connectivity index (χ4n) is 1.90. The first-order valence-electron chi connectivity index (χ1n) is 6.11. The van der Waals surface area contributed by atoms with Crippen molar-refractivity contribution in [2.75, 3.05) is 26.4 Å². The van der Waals surface area contributed by atoms with E-state index >= 15 is 0 Å². The maximum Gasteiger partial charge on any atom is 0.0774 e. The van der Waals surface area contributed by atoms with Gasteiger partial charge in [0.15, 0.2) is 0 Å². The van der Waals surface area contributed by atoms with Gasteiger partial charge >= 0.3 is 0 Å². The van der Waals surface area contributed by atoms with Crippen LogP contribution in [0.25, 0.3) is 0 Å². The minimum absolute atomic E-state index is 0.446. The summed E-state index contributed by atoms with van der Waals surface area (Å²) in [5.74, 6) is 0.824. The average molecular weight is 303 g/mol. The maximum absolute atomic E-state index is 5.24. The molecule has 0 aromatic carbocycles. The molecule has 4 nitrogen and oxygen atoms in total. The molecule has 0 amide bonds. The van der Waals surface area contributed by atoms with Crippen LogP contribution in [0.4, 0.5) is 0 Å². The summed E-state index contributed by atoms with van der Waals surface area (Å²) in [6, 6.07) is 0.446. The van der Waals surface area contributed by atoms with Crippen LogP contribution in [0, 0.1) is 5.92 Å². The van der Waals surface area contributed by atoms with Crippen LogP contribution in [0.5, 0.6) is 0 Å². The normalized spacial score (nSPS) is 27.9. The Hall–Kier alpha value is -0.390. The lowest BCUT2D eigenvalue weighted by atomic mass is 10.2. The van der Waals surface area contributed by atoms with Crippen molar-refractivity contribution in [1.82, 2.24) is 9.78 Å². The Bertz CT molecular complexity index is 331. The molecule has 0 spiro atoms. The Labute approximate surface area is 110 Å². The smallest absolute Gasteiger partial charge is 0.0774 e. The molecular formula is C12H19BrN2O2. The third kappa shape index (κ3) is 4.08. The lowest BCUT2D eigenvalue weighted by Crippen LogP contribution is -2.08. The zero-order chi connectivity index (χ0) is 12.1. The molecule has 3 rings (SSSR count). The zero-order valence-corrected chi connectivity index (χ0v) is 11.7. The lowest BCUT2D eigenvalue weighted by Gasteiger charge is -2.06. The van der Waals surface area contributed by atoms with Crippen molar-refractivity contribution in [3.8, 4) is 0 Å². The number of rotatable bonds is 1. The van der Waals surface area contributed by atoms with Crippen LogP contribution >= 0.6 is 15.9 Å². The quantitative estimate of drug-likeness (QED) is 0.800. The van der Waals surface area contributed by atoms with Gasteiger partial charge in [-0.25, -0.2) is 0 Å². The topological polar surface area (TPSA) is 36.3 Å². The van der Waals surface area contributed by atoms with E-state index in [9.17, 15) is 0 Å². The van der Waals surface area contributed by atoms with Gasteiger partial charge in [-0.1, -0.05) is 6.92 Å². The van der Waals surface area contributed by atoms with Gasteiger partial charge in [0.2, 0.25) is 0 Å². The molecule has 2 aliphatic rings. The van der Waals surface area contributed by atoms with Crippen molar-refractivity contribution < 1.29 is 9.47 Å². The number of hydrogen-bond acceptors (Lipinski definition) is 3. The van der Waals surface area contributed by atoms with E-state index in [2.05, 4.69) is 28.0 Å². The fourth-order valence-corrected chi connectivity index (χ4v) is 2.20. The standard InChI is InChI=1S/C7H9BrN2O.C5H10O/c8-6-3-9-10(4-6)7-1-2-11-5-7;1-5-2-3-6-4-5/h3-4,7H,1-2,5H2;5H,2-4H2,1H3. The Morgan fingerprint density at radius 1 is 1.29 bits per heavy atom. The summed E-state index contributed by atoms with van der Waals surface area (Å²) in [6.45, 7) is 5.85. The third-order valence-electron chi connectivity index (χ3n) is 3.01. The highest BCUT2D eigenvalue weighted by Gasteiger charge is 2.17. The molecule has 0 radical (unpaired) electrons. The summed E-state index contributed by atoms with van der Waals surface area (Å²) >= 11 is 3.36. The molecular weight excluding hydrogens is 284 g/mol. The van der Waals surface area contributed by atoms with Gasteiger partial charge in [0, 0.05) is 26.0 Å². The van der Waals surface area contributed by atoms with E-state index in [-0.39, 0.29) is 0 Å². The first-order valence-corrected chi connectivity index (χ1v) is 6.90. The van der Waals surface area contributed by atoms with E-state index in [1.807, 2.05) is 10.9 Å². The summed E-state index contributed by atoms with van der Waals surface area (Å²) in [7, 11) is 0. The van der Waals surface area contributed by atoms with Gasteiger partial charge < -0.3 is 9.47 Å². The van der Waals surface area contributed by atoms with Crippen molar-refractivity contribution >= 4 is 15.9 Å². The minimum atomic E-state index is 0.446. The molecule has 0 aliphatic carbocycles. The van der Waals surface area contributed by atoms with E-state index in [4.69, 9.17) is 9.47 Å². The van der Waals surface area contributed by atoms with Crippen molar-refractivity contribution in [2.24, 2.45) is 5.92 Å². The number of aromatic nitrogens is 2. The maximum atomic E-state index is 5.24. The molecule has 5 heteroatoms. The van der Waals surface area contributed by atoms with Crippen molar-refractivity contribution in [2.45, 2.75) is 25.8 Å². The van der Waals surface area contributed by atoms with Crippen molar-refractivity contribution in [3.63, 3.8) is 0 Å². The van der Waals surface area contributed by atoms with E-state index in [0.29, 0.717) is 6.04 Å². The Morgan fingerprint density at radius 3 is 2.47 bits per heavy atom. The number of ether oxygens (including phenoxy) is 2. The predicted molar refractivity (Wildman–Crippen MR) is 69.0 cm³/mol. The first kappa shape index (κ1) is 13.1. The highest BCUT2D eigenvalue weighted by atomic mass is 79.9. The summed E-state index contributed by atoms with van der Waals surface area (Å²) in [5.41, 5.74) is 0. The van der Waals surface area contributed by atoms with Gasteiger partial charge in [-0.05, 0) is 34.7 Å². The molecule has 96 valence electrons. The van der Waals surface area contributed by atoms with Gasteiger partial charge in [0.25, 0.3) is 0 Å². The fraction of sp³-hybridized carbons (Fsp3) is 0.750. The molecule has 2 saturated heterocycles. The van der Waals surface area contributed by atoms with Crippen LogP contribution < -0.4 is 0 Å². The second-order valence-corrected chi connectivity index (χ2v) is 5.54. The molecule has 2 aliphatic heterocycles. The predicted octanol–water partition coefficient (Wildman–Crippen LogP) is 2.65. The van der Waals surface area contributed by atoms with Crippen LogP contribution in [0.3, 0.4) is 0 Å². The number of halogens is 1. The lowest BCUT2D eigenvalue weighted by molar-refractivity contribution is 0.184. The highest BCUT2D eigenvalue weighted by Crippen LogP contribution is 2.19. The van der Waals surface area contributed by atoms with Crippen LogP contribution in [0.15, 0.2) is 16.9 Å². The SMILES string of the molecule is Brc1cnn(C2CCOC2)c1.CC1CCOC1. The monoisotopic (exact) mass is 302 g/mol. The van der Waals surface area contributed by atoms with Crippen LogP contribution in [-0.2, 0) is 9.47 Å². The molecule has 3 heterocycles. The Balaban J connectivity index is 0.000000153. The summed E-state index contributed by atoms with van der Waals surface area (Å²) in [6.07, 6.45) is 6.13. The molecule has 0 saturated carbocycles. The summed E-state index contributed by atoms with van der Waals surface area (Å²) < 4.78 is 13.3. The van der Waals surface area contributed by atoms with Crippen LogP contribution in [-0.4, -0.2) is 36.2 Å². The van der Waals surface area contributed by atoms with Gasteiger partial charge in [-0.3, -0.25) is 4.68 Å². The summed E-state index contributed by atoms with van der Waals surface area (Å²) in [5, 5.41) is 4.19. The van der Waals surface area contributed by atoms with Gasteiger partial charge in [0.05, 0.1) is 23.3 Å². The van der Waals surface area contributed by atoms with Gasteiger partial charge in [0.1, 0.15) is 0 Å². The first-order chi connectivity index (χ1) is 8.25. The molecule has 2 atom stereocenters. The number of hydrogen-bond donors (Lipinski definition) is 0. The molecule has 1 aromatic heterocycles. The summed E-state index contributed by atoms with van der Waals surface area (Å²) in [4.78, 5) is 0. The average Bonchev–Trinajstić information content (AvgIpc) is 2.98. The van der Waals surface area contributed by atoms with Crippen molar-refractivity contribution in [1.29, 1.82) is 0 Å². The van der Waals surface area contributed by atoms with E-state index in [1.165, 1.54) is 6.42 Å². The third-order valence-corrected chi connectivity index (χ3v) is 3.42. The van der Waals surface area contributed by atoms with Crippen LogP contribution in [0.1, 0.15) is 25.8 Å². The molecule has 0 bridgehead atoms. The van der Waals surface area contributed by atoms with E-state index in [0.717, 1.165) is 43.2 Å². The number of nitrogens with zero attached hydrogens (tertiary/aromatic N) is 2. The Morgan fingerprint density at radius 2 is 2.06 bits per heavy atom. The zero-order valence-electron chi connectivity index (χ0n) is 10.1. The molecule has 17 heavy (non-hydrogen) atoms. The highest BCUT2D eigenvalue weighted by molar-refractivity contribution is 9.10. The van der Waals surface area contributed by atoms with E-state index in [1.54, 1.807) is 6.20 Å². The largest absolute Gasteiger partial charge is 0.381 e.